The van der Waals surface area contributed by atoms with Gasteiger partial charge in [-0.05, 0) is 6.92 Å². The number of esters is 1. The van der Waals surface area contributed by atoms with Crippen LogP contribution < -0.4 is 5.32 Å². The van der Waals surface area contributed by atoms with E-state index in [1.807, 2.05) is 0 Å². The summed E-state index contributed by atoms with van der Waals surface area (Å²) in [7, 11) is 0. The summed E-state index contributed by atoms with van der Waals surface area (Å²) in [6.07, 6.45) is 0. The van der Waals surface area contributed by atoms with Gasteiger partial charge in [-0.25, -0.2) is 0 Å². The molecule has 1 heterocycles. The molecule has 0 spiro atoms. The predicted octanol–water partition coefficient (Wildman–Crippen LogP) is -1.12. The minimum absolute atomic E-state index is 0.00345. The highest BCUT2D eigenvalue weighted by Gasteiger charge is 2.42. The van der Waals surface area contributed by atoms with Crippen LogP contribution in [0.1, 0.15) is 6.92 Å². The SMILES string of the molecule is CCOC(=O)[C@H]1N[C@@H]1CO. The minimum Gasteiger partial charge on any atom is -0.465 e. The Kier molecular flexibility index (Phi) is 2.24. The summed E-state index contributed by atoms with van der Waals surface area (Å²) in [6, 6.07) is -0.330. The van der Waals surface area contributed by atoms with Gasteiger partial charge in [0.25, 0.3) is 0 Å². The first kappa shape index (κ1) is 7.50. The third-order valence-electron chi connectivity index (χ3n) is 1.42. The van der Waals surface area contributed by atoms with E-state index in [1.165, 1.54) is 0 Å². The molecule has 0 bridgehead atoms. The smallest absolute Gasteiger partial charge is 0.324 e. The summed E-state index contributed by atoms with van der Waals surface area (Å²) in [6.45, 7) is 2.16. The summed E-state index contributed by atoms with van der Waals surface area (Å²) in [5.74, 6) is -0.262. The Labute approximate surface area is 59.2 Å². The number of ether oxygens (including phenoxy) is 1. The van der Waals surface area contributed by atoms with E-state index in [4.69, 9.17) is 5.11 Å². The second-order valence-electron chi connectivity index (χ2n) is 2.19. The van der Waals surface area contributed by atoms with Gasteiger partial charge in [0.1, 0.15) is 6.04 Å². The second kappa shape index (κ2) is 2.98. The molecule has 4 heteroatoms. The lowest BCUT2D eigenvalue weighted by molar-refractivity contribution is -0.142. The van der Waals surface area contributed by atoms with Crippen molar-refractivity contribution >= 4 is 5.97 Å². The fourth-order valence-electron chi connectivity index (χ4n) is 0.798. The molecule has 2 N–H and O–H groups in total. The molecule has 10 heavy (non-hydrogen) atoms. The maximum atomic E-state index is 10.8. The predicted molar refractivity (Wildman–Crippen MR) is 34.4 cm³/mol. The zero-order chi connectivity index (χ0) is 7.56. The summed E-state index contributed by atoms with van der Waals surface area (Å²) in [4.78, 5) is 10.8. The van der Waals surface area contributed by atoms with Crippen LogP contribution in [0, 0.1) is 0 Å². The quantitative estimate of drug-likeness (QED) is 0.390. The molecular weight excluding hydrogens is 134 g/mol. The van der Waals surface area contributed by atoms with Gasteiger partial charge in [0, 0.05) is 0 Å². The normalized spacial score (nSPS) is 29.8. The van der Waals surface area contributed by atoms with Gasteiger partial charge in [0.15, 0.2) is 0 Å². The standard InChI is InChI=1S/C6H11NO3/c1-2-10-6(9)5-4(3-8)7-5/h4-5,7-8H,2-3H2,1H3/t4-,5+/m1/s1. The van der Waals surface area contributed by atoms with E-state index in [0.29, 0.717) is 6.61 Å². The lowest BCUT2D eigenvalue weighted by Crippen LogP contribution is -2.15. The number of hydrogen-bond donors (Lipinski definition) is 2. The molecular formula is C6H11NO3. The van der Waals surface area contributed by atoms with Gasteiger partial charge >= 0.3 is 5.97 Å². The lowest BCUT2D eigenvalue weighted by Gasteiger charge is -1.96. The number of aliphatic hydroxyl groups is 1. The van der Waals surface area contributed by atoms with E-state index >= 15 is 0 Å². The van der Waals surface area contributed by atoms with Gasteiger partial charge in [0.05, 0.1) is 19.3 Å². The zero-order valence-electron chi connectivity index (χ0n) is 5.83. The molecule has 0 aromatic carbocycles. The maximum absolute atomic E-state index is 10.8. The van der Waals surface area contributed by atoms with Crippen LogP contribution in [-0.2, 0) is 9.53 Å². The molecule has 0 amide bonds. The average molecular weight is 145 g/mol. The Balaban J connectivity index is 2.19. The molecule has 0 saturated carbocycles. The average Bonchev–Trinajstić information content (AvgIpc) is 2.66. The highest BCUT2D eigenvalue weighted by Crippen LogP contribution is 2.10. The van der Waals surface area contributed by atoms with Crippen molar-refractivity contribution in [3.8, 4) is 0 Å². The largest absolute Gasteiger partial charge is 0.465 e. The van der Waals surface area contributed by atoms with Crippen molar-refractivity contribution in [3.63, 3.8) is 0 Å². The molecule has 1 rings (SSSR count). The third kappa shape index (κ3) is 1.46. The van der Waals surface area contributed by atoms with Gasteiger partial charge in [-0.15, -0.1) is 0 Å². The van der Waals surface area contributed by atoms with Crippen LogP contribution in [0.2, 0.25) is 0 Å². The van der Waals surface area contributed by atoms with Gasteiger partial charge in [-0.3, -0.25) is 10.1 Å². The number of carbonyl (C=O) groups is 1. The van der Waals surface area contributed by atoms with Gasteiger partial charge in [-0.2, -0.15) is 0 Å². The van der Waals surface area contributed by atoms with Crippen LogP contribution in [0.25, 0.3) is 0 Å². The van der Waals surface area contributed by atoms with E-state index in [0.717, 1.165) is 0 Å². The maximum Gasteiger partial charge on any atom is 0.324 e. The highest BCUT2D eigenvalue weighted by atomic mass is 16.5. The van der Waals surface area contributed by atoms with Crippen molar-refractivity contribution < 1.29 is 14.6 Å². The molecule has 58 valence electrons. The molecule has 1 fully saturated rings. The Morgan fingerprint density at radius 1 is 1.80 bits per heavy atom. The van der Waals surface area contributed by atoms with Gasteiger partial charge in [-0.1, -0.05) is 0 Å². The van der Waals surface area contributed by atoms with Crippen molar-refractivity contribution in [3.05, 3.63) is 0 Å². The highest BCUT2D eigenvalue weighted by molar-refractivity contribution is 5.80. The number of rotatable bonds is 3. The van der Waals surface area contributed by atoms with Crippen molar-refractivity contribution in [1.29, 1.82) is 0 Å². The summed E-state index contributed by atoms with van der Waals surface area (Å²) < 4.78 is 4.69. The number of carbonyl (C=O) groups excluding carboxylic acids is 1. The minimum atomic E-state index is -0.262. The van der Waals surface area contributed by atoms with Crippen molar-refractivity contribution in [2.45, 2.75) is 19.0 Å². The van der Waals surface area contributed by atoms with Gasteiger partial charge < -0.3 is 9.84 Å². The van der Waals surface area contributed by atoms with Crippen LogP contribution in [-0.4, -0.2) is 36.4 Å². The third-order valence-corrected chi connectivity index (χ3v) is 1.42. The molecule has 0 unspecified atom stereocenters. The molecule has 2 atom stereocenters. The van der Waals surface area contributed by atoms with E-state index in [-0.39, 0.29) is 24.7 Å². The first-order valence-corrected chi connectivity index (χ1v) is 3.33. The first-order valence-electron chi connectivity index (χ1n) is 3.33. The molecule has 0 aliphatic carbocycles. The topological polar surface area (TPSA) is 68.5 Å². The number of nitrogens with one attached hydrogen (secondary N) is 1. The van der Waals surface area contributed by atoms with Crippen molar-refractivity contribution in [2.24, 2.45) is 0 Å². The zero-order valence-corrected chi connectivity index (χ0v) is 5.83. The molecule has 1 saturated heterocycles. The lowest BCUT2D eigenvalue weighted by atomic mass is 10.3. The monoisotopic (exact) mass is 145 g/mol. The number of aliphatic hydroxyl groups excluding tert-OH is 1. The number of hydrogen-bond acceptors (Lipinski definition) is 4. The summed E-state index contributed by atoms with van der Waals surface area (Å²) in [5.41, 5.74) is 0. The van der Waals surface area contributed by atoms with E-state index < -0.39 is 0 Å². The fourth-order valence-corrected chi connectivity index (χ4v) is 0.798. The van der Waals surface area contributed by atoms with Gasteiger partial charge in [0.2, 0.25) is 0 Å². The summed E-state index contributed by atoms with van der Waals surface area (Å²) >= 11 is 0. The fraction of sp³-hybridized carbons (Fsp3) is 0.833. The Morgan fingerprint density at radius 3 is 2.90 bits per heavy atom. The molecule has 1 aliphatic rings. The molecule has 4 nitrogen and oxygen atoms in total. The molecule has 0 aromatic rings. The van der Waals surface area contributed by atoms with Crippen LogP contribution in [0.4, 0.5) is 0 Å². The molecule has 0 radical (unpaired) electrons. The molecule has 0 aromatic heterocycles. The second-order valence-corrected chi connectivity index (χ2v) is 2.19. The molecule has 1 aliphatic heterocycles. The van der Waals surface area contributed by atoms with Crippen LogP contribution in [0.3, 0.4) is 0 Å². The van der Waals surface area contributed by atoms with Crippen molar-refractivity contribution in [2.75, 3.05) is 13.2 Å². The Hall–Kier alpha value is -0.610. The summed E-state index contributed by atoms with van der Waals surface area (Å²) in [5, 5.41) is 11.3. The first-order chi connectivity index (χ1) is 4.79. The van der Waals surface area contributed by atoms with E-state index in [2.05, 4.69) is 10.1 Å². The van der Waals surface area contributed by atoms with E-state index in [1.54, 1.807) is 6.92 Å². The Morgan fingerprint density at radius 2 is 2.50 bits per heavy atom. The van der Waals surface area contributed by atoms with Crippen LogP contribution >= 0.6 is 0 Å². The van der Waals surface area contributed by atoms with Crippen molar-refractivity contribution in [1.82, 2.24) is 5.32 Å². The van der Waals surface area contributed by atoms with Crippen LogP contribution in [0.5, 0.6) is 0 Å². The van der Waals surface area contributed by atoms with E-state index in [9.17, 15) is 4.79 Å². The van der Waals surface area contributed by atoms with Crippen LogP contribution in [0.15, 0.2) is 0 Å². The Bertz CT molecular complexity index is 137.